The van der Waals surface area contributed by atoms with Crippen molar-refractivity contribution in [3.8, 4) is 5.75 Å². The summed E-state index contributed by atoms with van der Waals surface area (Å²) in [6, 6.07) is 15.8. The van der Waals surface area contributed by atoms with Crippen LogP contribution in [0.5, 0.6) is 5.75 Å². The number of nitrogens with zero attached hydrogens (tertiary/aromatic N) is 1. The number of hydrogen-bond donors (Lipinski definition) is 1. The van der Waals surface area contributed by atoms with Crippen LogP contribution in [-0.2, 0) is 4.79 Å². The Morgan fingerprint density at radius 1 is 1.00 bits per heavy atom. The van der Waals surface area contributed by atoms with Gasteiger partial charge in [0.05, 0.1) is 16.8 Å². The van der Waals surface area contributed by atoms with Gasteiger partial charge in [-0.2, -0.15) is 5.10 Å². The van der Waals surface area contributed by atoms with Crippen molar-refractivity contribution in [3.05, 3.63) is 75.8 Å². The fourth-order valence-corrected chi connectivity index (χ4v) is 4.41. The molecular weight excluding hydrogens is 447 g/mol. The first-order valence-corrected chi connectivity index (χ1v) is 11.3. The molecule has 1 saturated carbocycles. The summed E-state index contributed by atoms with van der Waals surface area (Å²) in [5, 5.41) is 6.61. The molecule has 1 fully saturated rings. The lowest BCUT2D eigenvalue weighted by molar-refractivity contribution is -0.125. The van der Waals surface area contributed by atoms with Crippen LogP contribution in [0, 0.1) is 5.92 Å². The highest BCUT2D eigenvalue weighted by Crippen LogP contribution is 2.29. The maximum Gasteiger partial charge on any atom is 0.345 e. The fourth-order valence-electron chi connectivity index (χ4n) is 3.92. The lowest BCUT2D eigenvalue weighted by Gasteiger charge is -2.19. The predicted octanol–water partition coefficient (Wildman–Crippen LogP) is 6.40. The lowest BCUT2D eigenvalue weighted by atomic mass is 9.89. The lowest BCUT2D eigenvalue weighted by Crippen LogP contribution is -2.28. The number of ether oxygens (including phenoxy) is 1. The first-order valence-electron chi connectivity index (χ1n) is 10.5. The quantitative estimate of drug-likeness (QED) is 0.204. The SMILES string of the molecule is O=C(Oc1ccc2ccccc2c1/C=N\NC(=O)C1CCCCC1)c1ccc(Cl)cc1Cl. The molecule has 0 aromatic heterocycles. The zero-order valence-corrected chi connectivity index (χ0v) is 18.8. The molecule has 7 heteroatoms. The first-order chi connectivity index (χ1) is 15.5. The van der Waals surface area contributed by atoms with Crippen LogP contribution in [0.1, 0.15) is 48.0 Å². The molecular formula is C25H22Cl2N2O3. The molecule has 0 radical (unpaired) electrons. The molecule has 0 heterocycles. The number of nitrogens with one attached hydrogen (secondary N) is 1. The Morgan fingerprint density at radius 3 is 2.56 bits per heavy atom. The second kappa shape index (κ2) is 10.2. The standard InChI is InChI=1S/C25H22Cl2N2O3/c26-18-11-12-20(22(27)14-18)25(31)32-23-13-10-16-6-4-5-9-19(16)21(23)15-28-29-24(30)17-7-2-1-3-8-17/h4-6,9-15,17H,1-3,7-8H2,(H,29,30)/b28-15-. The Bertz CT molecular complexity index is 1190. The van der Waals surface area contributed by atoms with E-state index in [9.17, 15) is 9.59 Å². The van der Waals surface area contributed by atoms with E-state index < -0.39 is 5.97 Å². The molecule has 0 spiro atoms. The Labute approximate surface area is 196 Å². The van der Waals surface area contributed by atoms with E-state index >= 15 is 0 Å². The minimum atomic E-state index is -0.608. The van der Waals surface area contributed by atoms with Crippen LogP contribution in [0.4, 0.5) is 0 Å². The van der Waals surface area contributed by atoms with Gasteiger partial charge in [-0.15, -0.1) is 0 Å². The molecule has 3 aromatic rings. The molecule has 1 aliphatic rings. The van der Waals surface area contributed by atoms with Crippen LogP contribution in [0.3, 0.4) is 0 Å². The summed E-state index contributed by atoms with van der Waals surface area (Å²) in [5.41, 5.74) is 3.44. The largest absolute Gasteiger partial charge is 0.422 e. The van der Waals surface area contributed by atoms with E-state index in [0.717, 1.165) is 36.5 Å². The van der Waals surface area contributed by atoms with Crippen molar-refractivity contribution in [2.45, 2.75) is 32.1 Å². The summed E-state index contributed by atoms with van der Waals surface area (Å²) in [6.45, 7) is 0. The van der Waals surface area contributed by atoms with Crippen LogP contribution in [-0.4, -0.2) is 18.1 Å². The van der Waals surface area contributed by atoms with Crippen molar-refractivity contribution < 1.29 is 14.3 Å². The van der Waals surface area contributed by atoms with E-state index in [0.29, 0.717) is 16.3 Å². The average molecular weight is 469 g/mol. The molecule has 164 valence electrons. The molecule has 0 unspecified atom stereocenters. The second-order valence-corrected chi connectivity index (χ2v) is 8.63. The molecule has 0 atom stereocenters. The third kappa shape index (κ3) is 5.12. The number of halogens is 2. The molecule has 3 aromatic carbocycles. The van der Waals surface area contributed by atoms with Crippen LogP contribution in [0.15, 0.2) is 59.7 Å². The molecule has 32 heavy (non-hydrogen) atoms. The van der Waals surface area contributed by atoms with Gasteiger partial charge in [0.2, 0.25) is 5.91 Å². The summed E-state index contributed by atoms with van der Waals surface area (Å²) < 4.78 is 5.66. The van der Waals surface area contributed by atoms with Gasteiger partial charge >= 0.3 is 5.97 Å². The molecule has 5 nitrogen and oxygen atoms in total. The van der Waals surface area contributed by atoms with Crippen molar-refractivity contribution in [1.82, 2.24) is 5.43 Å². The number of hydrogen-bond acceptors (Lipinski definition) is 4. The topological polar surface area (TPSA) is 67.8 Å². The summed E-state index contributed by atoms with van der Waals surface area (Å²) in [4.78, 5) is 25.2. The normalized spacial score (nSPS) is 14.6. The number of carbonyl (C=O) groups excluding carboxylic acids is 2. The van der Waals surface area contributed by atoms with Gasteiger partial charge in [-0.05, 0) is 47.9 Å². The number of hydrazone groups is 1. The smallest absolute Gasteiger partial charge is 0.345 e. The average Bonchev–Trinajstić information content (AvgIpc) is 2.80. The minimum absolute atomic E-state index is 0.00207. The van der Waals surface area contributed by atoms with Crippen molar-refractivity contribution in [1.29, 1.82) is 0 Å². The van der Waals surface area contributed by atoms with Crippen molar-refractivity contribution >= 4 is 52.1 Å². The molecule has 1 N–H and O–H groups in total. The van der Waals surface area contributed by atoms with E-state index in [1.807, 2.05) is 30.3 Å². The summed E-state index contributed by atoms with van der Waals surface area (Å²) >= 11 is 12.1. The number of fused-ring (bicyclic) bond motifs is 1. The van der Waals surface area contributed by atoms with Gasteiger partial charge < -0.3 is 4.74 Å². The predicted molar refractivity (Wildman–Crippen MR) is 128 cm³/mol. The van der Waals surface area contributed by atoms with Gasteiger partial charge in [-0.1, -0.05) is 72.8 Å². The van der Waals surface area contributed by atoms with Gasteiger partial charge in [-0.25, -0.2) is 10.2 Å². The zero-order chi connectivity index (χ0) is 22.5. The van der Waals surface area contributed by atoms with Gasteiger partial charge in [0.1, 0.15) is 5.75 Å². The molecule has 4 rings (SSSR count). The zero-order valence-electron chi connectivity index (χ0n) is 17.3. The van der Waals surface area contributed by atoms with Crippen molar-refractivity contribution in [3.63, 3.8) is 0 Å². The Kier molecular flexibility index (Phi) is 7.08. The molecule has 0 bridgehead atoms. The molecule has 1 aliphatic carbocycles. The summed E-state index contributed by atoms with van der Waals surface area (Å²) in [5.74, 6) is -0.372. The first kappa shape index (κ1) is 22.3. The summed E-state index contributed by atoms with van der Waals surface area (Å²) in [7, 11) is 0. The highest BCUT2D eigenvalue weighted by atomic mass is 35.5. The fraction of sp³-hybridized carbons (Fsp3) is 0.240. The second-order valence-electron chi connectivity index (χ2n) is 7.78. The van der Waals surface area contributed by atoms with E-state index in [2.05, 4.69) is 10.5 Å². The third-order valence-electron chi connectivity index (χ3n) is 5.63. The monoisotopic (exact) mass is 468 g/mol. The highest BCUT2D eigenvalue weighted by molar-refractivity contribution is 6.36. The maximum atomic E-state index is 12.8. The number of carbonyl (C=O) groups is 2. The maximum absolute atomic E-state index is 12.8. The number of esters is 1. The van der Waals surface area contributed by atoms with Crippen LogP contribution < -0.4 is 10.2 Å². The molecule has 0 saturated heterocycles. The van der Waals surface area contributed by atoms with Gasteiger partial charge in [0.15, 0.2) is 0 Å². The Morgan fingerprint density at radius 2 is 1.78 bits per heavy atom. The van der Waals surface area contributed by atoms with Crippen LogP contribution in [0.25, 0.3) is 10.8 Å². The van der Waals surface area contributed by atoms with E-state index in [4.69, 9.17) is 27.9 Å². The molecule has 0 aliphatic heterocycles. The van der Waals surface area contributed by atoms with Crippen LogP contribution >= 0.6 is 23.2 Å². The number of amides is 1. The van der Waals surface area contributed by atoms with Crippen molar-refractivity contribution in [2.24, 2.45) is 11.0 Å². The van der Waals surface area contributed by atoms with Gasteiger partial charge in [0.25, 0.3) is 0 Å². The Balaban J connectivity index is 1.60. The van der Waals surface area contributed by atoms with E-state index in [1.165, 1.54) is 24.8 Å². The third-order valence-corrected chi connectivity index (χ3v) is 6.18. The minimum Gasteiger partial charge on any atom is -0.422 e. The molecule has 1 amide bonds. The summed E-state index contributed by atoms with van der Waals surface area (Å²) in [6.07, 6.45) is 6.61. The van der Waals surface area contributed by atoms with Gasteiger partial charge in [0, 0.05) is 16.5 Å². The number of rotatable bonds is 5. The van der Waals surface area contributed by atoms with Crippen LogP contribution in [0.2, 0.25) is 10.0 Å². The van der Waals surface area contributed by atoms with E-state index in [-0.39, 0.29) is 22.4 Å². The number of benzene rings is 3. The highest BCUT2D eigenvalue weighted by Gasteiger charge is 2.21. The van der Waals surface area contributed by atoms with E-state index in [1.54, 1.807) is 12.1 Å². The Hall–Kier alpha value is -2.89. The van der Waals surface area contributed by atoms with Gasteiger partial charge in [-0.3, -0.25) is 4.79 Å². The van der Waals surface area contributed by atoms with Crippen molar-refractivity contribution in [2.75, 3.05) is 0 Å².